The molecule has 0 bridgehead atoms. The second-order valence-corrected chi connectivity index (χ2v) is 7.03. The van der Waals surface area contributed by atoms with E-state index in [0.717, 1.165) is 25.4 Å². The zero-order valence-electron chi connectivity index (χ0n) is 14.6. The summed E-state index contributed by atoms with van der Waals surface area (Å²) in [5, 5.41) is 5.63. The number of nitrogens with zero attached hydrogens (tertiary/aromatic N) is 2. The highest BCUT2D eigenvalue weighted by Crippen LogP contribution is 2.14. The number of amides is 2. The minimum atomic E-state index is -0.307. The number of unbranched alkanes of at least 4 members (excludes halogenated alkanes) is 2. The van der Waals surface area contributed by atoms with Crippen molar-refractivity contribution in [3.63, 3.8) is 0 Å². The van der Waals surface area contributed by atoms with Crippen molar-refractivity contribution in [2.24, 2.45) is 0 Å². The molecule has 0 aromatic rings. The van der Waals surface area contributed by atoms with Crippen LogP contribution in [0.5, 0.6) is 0 Å². The van der Waals surface area contributed by atoms with Gasteiger partial charge in [0.25, 0.3) is 0 Å². The average molecular weight is 324 g/mol. The van der Waals surface area contributed by atoms with Crippen LogP contribution in [0, 0.1) is 0 Å². The summed E-state index contributed by atoms with van der Waals surface area (Å²) in [6.45, 7) is 4.27. The molecule has 2 N–H and O–H groups in total. The van der Waals surface area contributed by atoms with E-state index in [9.17, 15) is 9.59 Å². The topological polar surface area (TPSA) is 64.7 Å². The first-order valence-electron chi connectivity index (χ1n) is 9.02. The molecule has 132 valence electrons. The van der Waals surface area contributed by atoms with Gasteiger partial charge >= 0.3 is 0 Å². The highest BCUT2D eigenvalue weighted by molar-refractivity contribution is 5.90. The lowest BCUT2D eigenvalue weighted by molar-refractivity contribution is -0.125. The van der Waals surface area contributed by atoms with Crippen LogP contribution in [0.1, 0.15) is 44.9 Å². The maximum absolute atomic E-state index is 11.8. The van der Waals surface area contributed by atoms with Gasteiger partial charge in [0.2, 0.25) is 11.8 Å². The monoisotopic (exact) mass is 324 g/mol. The molecule has 2 aliphatic rings. The van der Waals surface area contributed by atoms with Gasteiger partial charge in [-0.15, -0.1) is 0 Å². The number of nitrogens with one attached hydrogen (secondary N) is 2. The van der Waals surface area contributed by atoms with Crippen LogP contribution < -0.4 is 10.6 Å². The molecule has 0 aromatic heterocycles. The van der Waals surface area contributed by atoms with Crippen LogP contribution in [0.15, 0.2) is 0 Å². The number of hydrogen-bond donors (Lipinski definition) is 2. The molecule has 0 saturated carbocycles. The Bertz CT molecular complexity index is 394. The van der Waals surface area contributed by atoms with Gasteiger partial charge in [-0.1, -0.05) is 6.42 Å². The number of carbonyl (C=O) groups excluding carboxylic acids is 2. The van der Waals surface area contributed by atoms with Gasteiger partial charge in [-0.3, -0.25) is 9.59 Å². The van der Waals surface area contributed by atoms with Gasteiger partial charge in [-0.25, -0.2) is 0 Å². The molecule has 2 heterocycles. The van der Waals surface area contributed by atoms with E-state index < -0.39 is 0 Å². The Hall–Kier alpha value is -1.14. The quantitative estimate of drug-likeness (QED) is 0.641. The van der Waals surface area contributed by atoms with E-state index >= 15 is 0 Å². The molecule has 1 atom stereocenters. The predicted octanol–water partition coefficient (Wildman–Crippen LogP) is 0.578. The van der Waals surface area contributed by atoms with Crippen molar-refractivity contribution in [1.29, 1.82) is 0 Å². The van der Waals surface area contributed by atoms with Gasteiger partial charge in [0, 0.05) is 19.0 Å². The third-order valence-corrected chi connectivity index (χ3v) is 5.11. The van der Waals surface area contributed by atoms with Crippen molar-refractivity contribution in [2.75, 3.05) is 40.3 Å². The summed E-state index contributed by atoms with van der Waals surface area (Å²) in [6, 6.07) is 0.426. The Balaban J connectivity index is 1.47. The van der Waals surface area contributed by atoms with Crippen molar-refractivity contribution in [1.82, 2.24) is 20.4 Å². The van der Waals surface area contributed by atoms with E-state index in [1.165, 1.54) is 32.4 Å². The second kappa shape index (κ2) is 9.23. The summed E-state index contributed by atoms with van der Waals surface area (Å²) >= 11 is 0. The lowest BCUT2D eigenvalue weighted by Gasteiger charge is -2.35. The molecule has 1 unspecified atom stereocenters. The molecular weight excluding hydrogens is 292 g/mol. The first kappa shape index (κ1) is 18.2. The Morgan fingerprint density at radius 3 is 2.65 bits per heavy atom. The Morgan fingerprint density at radius 1 is 1.26 bits per heavy atom. The van der Waals surface area contributed by atoms with Crippen molar-refractivity contribution in [3.8, 4) is 0 Å². The zero-order chi connectivity index (χ0) is 16.7. The fraction of sp³-hybridized carbons (Fsp3) is 0.882. The molecule has 0 aromatic carbocycles. The van der Waals surface area contributed by atoms with Gasteiger partial charge in [0.05, 0.1) is 0 Å². The van der Waals surface area contributed by atoms with Gasteiger partial charge in [-0.05, 0) is 65.8 Å². The van der Waals surface area contributed by atoms with Crippen molar-refractivity contribution >= 4 is 11.8 Å². The Labute approximate surface area is 140 Å². The molecule has 2 amide bonds. The molecule has 6 heteroatoms. The van der Waals surface area contributed by atoms with E-state index in [1.807, 2.05) is 0 Å². The average Bonchev–Trinajstić information content (AvgIpc) is 2.97. The lowest BCUT2D eigenvalue weighted by Crippen LogP contribution is -2.42. The van der Waals surface area contributed by atoms with Crippen LogP contribution in [0.4, 0.5) is 0 Å². The third kappa shape index (κ3) is 6.11. The molecule has 2 saturated heterocycles. The van der Waals surface area contributed by atoms with E-state index in [1.54, 1.807) is 0 Å². The van der Waals surface area contributed by atoms with Crippen LogP contribution in [0.3, 0.4) is 0 Å². The van der Waals surface area contributed by atoms with Gasteiger partial charge < -0.3 is 20.4 Å². The third-order valence-electron chi connectivity index (χ3n) is 5.11. The summed E-state index contributed by atoms with van der Waals surface area (Å²) < 4.78 is 0. The van der Waals surface area contributed by atoms with Crippen molar-refractivity contribution < 1.29 is 9.59 Å². The zero-order valence-corrected chi connectivity index (χ0v) is 14.6. The SMILES string of the molecule is CN1CCC(N(C)CCCCCNC(=O)C2CCC(=O)N2)CC1. The number of rotatable bonds is 8. The molecule has 0 radical (unpaired) electrons. The summed E-state index contributed by atoms with van der Waals surface area (Å²) in [5.41, 5.74) is 0. The van der Waals surface area contributed by atoms with Crippen LogP contribution >= 0.6 is 0 Å². The van der Waals surface area contributed by atoms with Crippen molar-refractivity contribution in [3.05, 3.63) is 0 Å². The standard InChI is InChI=1S/C17H32N4O2/c1-20-12-8-14(9-13-20)21(2)11-5-3-4-10-18-17(23)15-6-7-16(22)19-15/h14-15H,3-13H2,1-2H3,(H,18,23)(H,19,22). The van der Waals surface area contributed by atoms with Crippen LogP contribution in [-0.2, 0) is 9.59 Å². The van der Waals surface area contributed by atoms with Gasteiger partial charge in [-0.2, -0.15) is 0 Å². The minimum absolute atomic E-state index is 0.0120. The molecule has 2 rings (SSSR count). The normalized spacial score (nSPS) is 23.3. The molecule has 0 spiro atoms. The van der Waals surface area contributed by atoms with Crippen LogP contribution in [-0.4, -0.2) is 74.0 Å². The second-order valence-electron chi connectivity index (χ2n) is 7.03. The first-order valence-corrected chi connectivity index (χ1v) is 9.02. The molecule has 2 aliphatic heterocycles. The molecule has 0 aliphatic carbocycles. The van der Waals surface area contributed by atoms with Gasteiger partial charge in [0.1, 0.15) is 6.04 Å². The minimum Gasteiger partial charge on any atom is -0.354 e. The molecule has 23 heavy (non-hydrogen) atoms. The fourth-order valence-electron chi connectivity index (χ4n) is 3.43. The smallest absolute Gasteiger partial charge is 0.242 e. The summed E-state index contributed by atoms with van der Waals surface area (Å²) in [5.74, 6) is -0.0404. The number of piperidine rings is 1. The maximum atomic E-state index is 11.8. The highest BCUT2D eigenvalue weighted by Gasteiger charge is 2.26. The summed E-state index contributed by atoms with van der Waals surface area (Å²) in [6.07, 6.45) is 6.97. The van der Waals surface area contributed by atoms with E-state index in [2.05, 4.69) is 34.5 Å². The van der Waals surface area contributed by atoms with E-state index in [0.29, 0.717) is 19.4 Å². The van der Waals surface area contributed by atoms with Crippen LogP contribution in [0.25, 0.3) is 0 Å². The largest absolute Gasteiger partial charge is 0.354 e. The number of carbonyl (C=O) groups is 2. The predicted molar refractivity (Wildman–Crippen MR) is 91.2 cm³/mol. The molecule has 6 nitrogen and oxygen atoms in total. The first-order chi connectivity index (χ1) is 11.1. The molecule has 2 fully saturated rings. The van der Waals surface area contributed by atoms with Crippen LogP contribution in [0.2, 0.25) is 0 Å². The number of likely N-dealkylation sites (tertiary alicyclic amines) is 1. The van der Waals surface area contributed by atoms with E-state index in [-0.39, 0.29) is 17.9 Å². The number of hydrogen-bond acceptors (Lipinski definition) is 4. The van der Waals surface area contributed by atoms with Crippen molar-refractivity contribution in [2.45, 2.75) is 57.0 Å². The van der Waals surface area contributed by atoms with E-state index in [4.69, 9.17) is 0 Å². The van der Waals surface area contributed by atoms with Gasteiger partial charge in [0.15, 0.2) is 0 Å². The maximum Gasteiger partial charge on any atom is 0.242 e. The summed E-state index contributed by atoms with van der Waals surface area (Å²) in [7, 11) is 4.43. The lowest BCUT2D eigenvalue weighted by atomic mass is 10.0. The summed E-state index contributed by atoms with van der Waals surface area (Å²) in [4.78, 5) is 27.8. The Morgan fingerprint density at radius 2 is 2.00 bits per heavy atom. The fourth-order valence-corrected chi connectivity index (χ4v) is 3.43. The molecular formula is C17H32N4O2. The Kier molecular flexibility index (Phi) is 7.30. The highest BCUT2D eigenvalue weighted by atomic mass is 16.2.